The van der Waals surface area contributed by atoms with E-state index in [9.17, 15) is 9.59 Å². The Balaban J connectivity index is 2.00. The highest BCUT2D eigenvalue weighted by atomic mass is 32.2. The monoisotopic (exact) mass is 331 g/mol. The van der Waals surface area contributed by atoms with Gasteiger partial charge in [0.25, 0.3) is 11.8 Å². The molecule has 1 saturated heterocycles. The van der Waals surface area contributed by atoms with Crippen molar-refractivity contribution in [1.29, 1.82) is 0 Å². The van der Waals surface area contributed by atoms with Crippen LogP contribution in [0.25, 0.3) is 11.3 Å². The summed E-state index contributed by atoms with van der Waals surface area (Å²) in [7, 11) is 0. The molecule has 23 heavy (non-hydrogen) atoms. The Bertz CT molecular complexity index is 772. The van der Waals surface area contributed by atoms with Crippen molar-refractivity contribution in [1.82, 2.24) is 9.88 Å². The molecule has 1 aliphatic rings. The van der Waals surface area contributed by atoms with Crippen LogP contribution in [0.5, 0.6) is 0 Å². The Labute approximate surface area is 138 Å². The quantitative estimate of drug-likeness (QED) is 0.928. The van der Waals surface area contributed by atoms with Crippen LogP contribution >= 0.6 is 11.8 Å². The van der Waals surface area contributed by atoms with E-state index in [1.54, 1.807) is 6.92 Å². The smallest absolute Gasteiger partial charge is 0.277 e. The van der Waals surface area contributed by atoms with E-state index < -0.39 is 11.3 Å². The number of rotatable bonds is 3. The van der Waals surface area contributed by atoms with Crippen molar-refractivity contribution in [3.8, 4) is 11.3 Å². The lowest BCUT2D eigenvalue weighted by molar-refractivity contribution is -0.119. The Morgan fingerprint density at radius 2 is 2.17 bits per heavy atom. The highest BCUT2D eigenvalue weighted by Crippen LogP contribution is 2.30. The molecule has 6 nitrogen and oxygen atoms in total. The van der Waals surface area contributed by atoms with Gasteiger partial charge < -0.3 is 15.1 Å². The van der Waals surface area contributed by atoms with Crippen molar-refractivity contribution in [3.63, 3.8) is 0 Å². The zero-order valence-corrected chi connectivity index (χ0v) is 13.7. The summed E-state index contributed by atoms with van der Waals surface area (Å²) in [5.74, 6) is 0.671. The first kappa shape index (κ1) is 15.6. The number of carbonyl (C=O) groups is 2. The second kappa shape index (κ2) is 6.08. The molecular weight excluding hydrogens is 314 g/mol. The standard InChI is InChI=1S/C16H17N3O3S/c1-9-4-3-5-11(8-9)13-12(18-10(2)22-13)15(21)19-6-7-23-16(19)14(17)20/h3-5,8,16H,6-7H2,1-2H3,(H2,17,20). The van der Waals surface area contributed by atoms with E-state index in [4.69, 9.17) is 10.2 Å². The molecule has 1 aromatic heterocycles. The maximum Gasteiger partial charge on any atom is 0.277 e. The van der Waals surface area contributed by atoms with E-state index in [0.717, 1.165) is 11.1 Å². The number of thioether (sulfide) groups is 1. The van der Waals surface area contributed by atoms with Gasteiger partial charge in [0.15, 0.2) is 22.7 Å². The van der Waals surface area contributed by atoms with Gasteiger partial charge in [-0.1, -0.05) is 23.8 Å². The molecule has 2 amide bonds. The topological polar surface area (TPSA) is 89.4 Å². The van der Waals surface area contributed by atoms with Gasteiger partial charge in [0.05, 0.1) is 0 Å². The number of primary amides is 1. The van der Waals surface area contributed by atoms with Gasteiger partial charge in [-0.25, -0.2) is 4.98 Å². The predicted molar refractivity (Wildman–Crippen MR) is 87.9 cm³/mol. The largest absolute Gasteiger partial charge is 0.440 e. The number of amides is 2. The Morgan fingerprint density at radius 3 is 2.87 bits per heavy atom. The zero-order chi connectivity index (χ0) is 16.6. The number of aryl methyl sites for hydroxylation is 2. The molecule has 1 fully saturated rings. The van der Waals surface area contributed by atoms with Gasteiger partial charge in [-0.15, -0.1) is 11.8 Å². The van der Waals surface area contributed by atoms with Crippen LogP contribution in [0.4, 0.5) is 0 Å². The normalized spacial score (nSPS) is 17.5. The van der Waals surface area contributed by atoms with Gasteiger partial charge in [0, 0.05) is 24.8 Å². The van der Waals surface area contributed by atoms with Crippen LogP contribution in [-0.4, -0.2) is 39.4 Å². The fourth-order valence-corrected chi connectivity index (χ4v) is 3.67. The lowest BCUT2D eigenvalue weighted by atomic mass is 10.1. The van der Waals surface area contributed by atoms with Crippen LogP contribution in [0, 0.1) is 13.8 Å². The third-order valence-corrected chi connectivity index (χ3v) is 4.83. The van der Waals surface area contributed by atoms with E-state index in [0.29, 0.717) is 23.9 Å². The lowest BCUT2D eigenvalue weighted by Gasteiger charge is -2.20. The van der Waals surface area contributed by atoms with E-state index in [2.05, 4.69) is 4.98 Å². The van der Waals surface area contributed by atoms with E-state index >= 15 is 0 Å². The number of nitrogens with two attached hydrogens (primary N) is 1. The highest BCUT2D eigenvalue weighted by molar-refractivity contribution is 8.00. The van der Waals surface area contributed by atoms with Crippen molar-refractivity contribution in [2.24, 2.45) is 5.73 Å². The third-order valence-electron chi connectivity index (χ3n) is 3.61. The Morgan fingerprint density at radius 1 is 1.39 bits per heavy atom. The average Bonchev–Trinajstić information content (AvgIpc) is 3.13. The van der Waals surface area contributed by atoms with Crippen molar-refractivity contribution in [2.45, 2.75) is 19.2 Å². The molecule has 7 heteroatoms. The van der Waals surface area contributed by atoms with Crippen LogP contribution in [0.1, 0.15) is 21.9 Å². The Hall–Kier alpha value is -2.28. The number of carbonyl (C=O) groups excluding carboxylic acids is 2. The zero-order valence-electron chi connectivity index (χ0n) is 12.9. The summed E-state index contributed by atoms with van der Waals surface area (Å²) < 4.78 is 5.65. The highest BCUT2D eigenvalue weighted by Gasteiger charge is 2.36. The maximum absolute atomic E-state index is 12.8. The van der Waals surface area contributed by atoms with Crippen LogP contribution in [-0.2, 0) is 4.79 Å². The van der Waals surface area contributed by atoms with Gasteiger partial charge in [-0.3, -0.25) is 9.59 Å². The molecule has 0 saturated carbocycles. The van der Waals surface area contributed by atoms with Crippen LogP contribution in [0.15, 0.2) is 28.7 Å². The van der Waals surface area contributed by atoms with E-state index in [1.807, 2.05) is 31.2 Å². The molecule has 1 unspecified atom stereocenters. The lowest BCUT2D eigenvalue weighted by Crippen LogP contribution is -2.42. The third kappa shape index (κ3) is 2.96. The van der Waals surface area contributed by atoms with Crippen LogP contribution in [0.3, 0.4) is 0 Å². The summed E-state index contributed by atoms with van der Waals surface area (Å²) in [4.78, 5) is 30.1. The van der Waals surface area contributed by atoms with Crippen LogP contribution in [0.2, 0.25) is 0 Å². The number of aromatic nitrogens is 1. The molecule has 1 aliphatic heterocycles. The first-order chi connectivity index (χ1) is 11.0. The first-order valence-corrected chi connectivity index (χ1v) is 8.28. The molecule has 0 bridgehead atoms. The van der Waals surface area contributed by atoms with E-state index in [1.165, 1.54) is 16.7 Å². The number of nitrogens with zero attached hydrogens (tertiary/aromatic N) is 2. The van der Waals surface area contributed by atoms with Gasteiger partial charge in [0.1, 0.15) is 0 Å². The molecule has 0 spiro atoms. The summed E-state index contributed by atoms with van der Waals surface area (Å²) in [6.45, 7) is 4.13. The molecule has 0 aliphatic carbocycles. The minimum absolute atomic E-state index is 0.224. The minimum Gasteiger partial charge on any atom is -0.440 e. The molecule has 2 aromatic rings. The van der Waals surface area contributed by atoms with Crippen molar-refractivity contribution < 1.29 is 14.0 Å². The second-order valence-corrected chi connectivity index (χ2v) is 6.59. The fourth-order valence-electron chi connectivity index (χ4n) is 2.60. The van der Waals surface area contributed by atoms with Crippen molar-refractivity contribution >= 4 is 23.6 Å². The number of benzene rings is 1. The first-order valence-electron chi connectivity index (χ1n) is 7.23. The van der Waals surface area contributed by atoms with Gasteiger partial charge in [0.2, 0.25) is 0 Å². The molecule has 1 aromatic carbocycles. The summed E-state index contributed by atoms with van der Waals surface area (Å²) in [6, 6.07) is 7.66. The molecule has 0 radical (unpaired) electrons. The molecule has 2 heterocycles. The summed E-state index contributed by atoms with van der Waals surface area (Å²) in [5, 5.41) is -0.648. The van der Waals surface area contributed by atoms with Gasteiger partial charge in [-0.05, 0) is 13.0 Å². The maximum atomic E-state index is 12.8. The summed E-state index contributed by atoms with van der Waals surface area (Å²) in [6.07, 6.45) is 0. The SMILES string of the molecule is Cc1cccc(-c2oc(C)nc2C(=O)N2CCSC2C(N)=O)c1. The molecule has 1 atom stereocenters. The summed E-state index contributed by atoms with van der Waals surface area (Å²) in [5.41, 5.74) is 7.45. The van der Waals surface area contributed by atoms with Crippen molar-refractivity contribution in [2.75, 3.05) is 12.3 Å². The predicted octanol–water partition coefficient (Wildman–Crippen LogP) is 1.96. The number of oxazole rings is 1. The van der Waals surface area contributed by atoms with E-state index in [-0.39, 0.29) is 11.6 Å². The summed E-state index contributed by atoms with van der Waals surface area (Å²) >= 11 is 1.36. The van der Waals surface area contributed by atoms with Crippen molar-refractivity contribution in [3.05, 3.63) is 41.4 Å². The second-order valence-electron chi connectivity index (χ2n) is 5.40. The van der Waals surface area contributed by atoms with Gasteiger partial charge in [-0.2, -0.15) is 0 Å². The molecular formula is C16H17N3O3S. The Kier molecular flexibility index (Phi) is 4.12. The molecule has 3 rings (SSSR count). The number of hydrogen-bond acceptors (Lipinski definition) is 5. The van der Waals surface area contributed by atoms with Crippen LogP contribution < -0.4 is 5.73 Å². The molecule has 2 N–H and O–H groups in total. The number of hydrogen-bond donors (Lipinski definition) is 1. The molecule has 120 valence electrons. The average molecular weight is 331 g/mol. The van der Waals surface area contributed by atoms with Gasteiger partial charge >= 0.3 is 0 Å². The minimum atomic E-state index is -0.648. The fraction of sp³-hybridized carbons (Fsp3) is 0.312.